The zero-order valence-corrected chi connectivity index (χ0v) is 14.7. The summed E-state index contributed by atoms with van der Waals surface area (Å²) in [7, 11) is 0. The highest BCUT2D eigenvalue weighted by Gasteiger charge is 2.42. The molecule has 0 bridgehead atoms. The molecule has 0 unspecified atom stereocenters. The van der Waals surface area contributed by atoms with Gasteiger partial charge in [-0.1, -0.05) is 0 Å². The van der Waals surface area contributed by atoms with Gasteiger partial charge < -0.3 is 4.90 Å². The molecule has 0 aromatic rings. The molecule has 3 rings (SSSR count). The lowest BCUT2D eigenvalue weighted by Crippen LogP contribution is -2.67. The Labute approximate surface area is 135 Å². The number of rotatable bonds is 4. The number of likely N-dealkylation sites (tertiary alicyclic amines) is 2. The van der Waals surface area contributed by atoms with E-state index < -0.39 is 0 Å². The Kier molecular flexibility index (Phi) is 4.76. The van der Waals surface area contributed by atoms with Crippen molar-refractivity contribution in [3.05, 3.63) is 0 Å². The maximum absolute atomic E-state index is 12.4. The maximum Gasteiger partial charge on any atom is 0.228 e. The lowest BCUT2D eigenvalue weighted by Gasteiger charge is -2.51. The molecule has 0 aliphatic carbocycles. The normalized spacial score (nSPS) is 26.5. The summed E-state index contributed by atoms with van der Waals surface area (Å²) in [6.07, 6.45) is 0. The Morgan fingerprint density at radius 2 is 1.36 bits per heavy atom. The van der Waals surface area contributed by atoms with Gasteiger partial charge in [-0.15, -0.1) is 0 Å². The van der Waals surface area contributed by atoms with E-state index in [0.29, 0.717) is 24.0 Å². The number of hydrogen-bond donors (Lipinski definition) is 0. The second kappa shape index (κ2) is 6.46. The van der Waals surface area contributed by atoms with E-state index in [-0.39, 0.29) is 5.92 Å². The minimum absolute atomic E-state index is 0.265. The molecule has 0 aromatic heterocycles. The van der Waals surface area contributed by atoms with Crippen LogP contribution in [0.4, 0.5) is 0 Å². The first-order chi connectivity index (χ1) is 10.5. The highest BCUT2D eigenvalue weighted by molar-refractivity contribution is 5.81. The van der Waals surface area contributed by atoms with Crippen LogP contribution in [-0.4, -0.2) is 96.0 Å². The standard InChI is InChI=1S/C17H32N4O/c1-13(2)18-5-7-19(8-6-18)16-11-21(12-16)17(22)15-9-20(10-15)14(3)4/h13-16H,5-12H2,1-4H3. The highest BCUT2D eigenvalue weighted by Crippen LogP contribution is 2.25. The van der Waals surface area contributed by atoms with Gasteiger partial charge in [0.15, 0.2) is 0 Å². The van der Waals surface area contributed by atoms with Crippen LogP contribution in [0.15, 0.2) is 0 Å². The van der Waals surface area contributed by atoms with Crippen LogP contribution in [0.1, 0.15) is 27.7 Å². The monoisotopic (exact) mass is 308 g/mol. The van der Waals surface area contributed by atoms with Crippen LogP contribution in [0.25, 0.3) is 0 Å². The Morgan fingerprint density at radius 3 is 1.86 bits per heavy atom. The van der Waals surface area contributed by atoms with Crippen LogP contribution in [-0.2, 0) is 4.79 Å². The van der Waals surface area contributed by atoms with Crippen molar-refractivity contribution in [3.8, 4) is 0 Å². The van der Waals surface area contributed by atoms with Crippen molar-refractivity contribution < 1.29 is 4.79 Å². The molecule has 3 aliphatic heterocycles. The molecule has 0 spiro atoms. The average molecular weight is 308 g/mol. The van der Waals surface area contributed by atoms with Crippen molar-refractivity contribution in [2.24, 2.45) is 5.92 Å². The molecule has 22 heavy (non-hydrogen) atoms. The molecular formula is C17H32N4O. The third kappa shape index (κ3) is 3.17. The van der Waals surface area contributed by atoms with Gasteiger partial charge in [0.2, 0.25) is 5.91 Å². The number of carbonyl (C=O) groups is 1. The first-order valence-electron chi connectivity index (χ1n) is 8.96. The molecule has 0 N–H and O–H groups in total. The van der Waals surface area contributed by atoms with E-state index >= 15 is 0 Å². The van der Waals surface area contributed by atoms with E-state index in [1.54, 1.807) is 0 Å². The van der Waals surface area contributed by atoms with Crippen molar-refractivity contribution in [2.75, 3.05) is 52.4 Å². The molecule has 0 saturated carbocycles. The summed E-state index contributed by atoms with van der Waals surface area (Å²) in [5, 5.41) is 0. The molecular weight excluding hydrogens is 276 g/mol. The van der Waals surface area contributed by atoms with Gasteiger partial charge >= 0.3 is 0 Å². The SMILES string of the molecule is CC(C)N1CCN(C2CN(C(=O)C3CN(C(C)C)C3)C2)CC1. The molecule has 0 aromatic carbocycles. The fraction of sp³-hybridized carbons (Fsp3) is 0.941. The van der Waals surface area contributed by atoms with Gasteiger partial charge in [-0.3, -0.25) is 19.5 Å². The number of piperazine rings is 1. The topological polar surface area (TPSA) is 30.0 Å². The predicted octanol–water partition coefficient (Wildman–Crippen LogP) is 0.563. The van der Waals surface area contributed by atoms with Gasteiger partial charge in [-0.2, -0.15) is 0 Å². The van der Waals surface area contributed by atoms with Gasteiger partial charge in [0.1, 0.15) is 0 Å². The lowest BCUT2D eigenvalue weighted by atomic mass is 9.94. The summed E-state index contributed by atoms with van der Waals surface area (Å²) in [4.78, 5) is 22.0. The van der Waals surface area contributed by atoms with E-state index in [2.05, 4.69) is 47.3 Å². The summed E-state index contributed by atoms with van der Waals surface area (Å²) < 4.78 is 0. The Morgan fingerprint density at radius 1 is 0.818 bits per heavy atom. The van der Waals surface area contributed by atoms with E-state index in [0.717, 1.165) is 39.3 Å². The van der Waals surface area contributed by atoms with E-state index in [4.69, 9.17) is 0 Å². The van der Waals surface area contributed by atoms with Gasteiger partial charge in [0.25, 0.3) is 0 Å². The number of hydrogen-bond acceptors (Lipinski definition) is 4. The molecule has 126 valence electrons. The largest absolute Gasteiger partial charge is 0.339 e. The van der Waals surface area contributed by atoms with Gasteiger partial charge in [-0.25, -0.2) is 0 Å². The van der Waals surface area contributed by atoms with Crippen LogP contribution in [0, 0.1) is 5.92 Å². The third-order valence-electron chi connectivity index (χ3n) is 5.76. The minimum Gasteiger partial charge on any atom is -0.339 e. The second-order valence-electron chi connectivity index (χ2n) is 7.81. The maximum atomic E-state index is 12.4. The molecule has 3 fully saturated rings. The average Bonchev–Trinajstić information content (AvgIpc) is 2.35. The summed E-state index contributed by atoms with van der Waals surface area (Å²) in [6.45, 7) is 17.5. The zero-order valence-electron chi connectivity index (χ0n) is 14.7. The molecule has 0 radical (unpaired) electrons. The van der Waals surface area contributed by atoms with Crippen molar-refractivity contribution in [1.29, 1.82) is 0 Å². The zero-order chi connectivity index (χ0) is 15.9. The summed E-state index contributed by atoms with van der Waals surface area (Å²) in [6, 6.07) is 1.84. The second-order valence-corrected chi connectivity index (χ2v) is 7.81. The molecule has 5 heteroatoms. The van der Waals surface area contributed by atoms with E-state index in [9.17, 15) is 4.79 Å². The highest BCUT2D eigenvalue weighted by atomic mass is 16.2. The number of nitrogens with zero attached hydrogens (tertiary/aromatic N) is 4. The fourth-order valence-electron chi connectivity index (χ4n) is 3.83. The van der Waals surface area contributed by atoms with E-state index in [1.807, 2.05) is 0 Å². The van der Waals surface area contributed by atoms with Gasteiger partial charge in [0.05, 0.1) is 5.92 Å². The Balaban J connectivity index is 1.37. The van der Waals surface area contributed by atoms with Crippen LogP contribution in [0.2, 0.25) is 0 Å². The van der Waals surface area contributed by atoms with Crippen molar-refractivity contribution in [3.63, 3.8) is 0 Å². The van der Waals surface area contributed by atoms with Crippen molar-refractivity contribution >= 4 is 5.91 Å². The van der Waals surface area contributed by atoms with Crippen LogP contribution >= 0.6 is 0 Å². The summed E-state index contributed by atoms with van der Waals surface area (Å²) >= 11 is 0. The van der Waals surface area contributed by atoms with E-state index in [1.165, 1.54) is 13.1 Å². The summed E-state index contributed by atoms with van der Waals surface area (Å²) in [5.74, 6) is 0.662. The Hall–Kier alpha value is -0.650. The quantitative estimate of drug-likeness (QED) is 0.759. The molecule has 5 nitrogen and oxygen atoms in total. The molecule has 0 atom stereocenters. The molecule has 1 amide bonds. The first-order valence-corrected chi connectivity index (χ1v) is 8.96. The fourth-order valence-corrected chi connectivity index (χ4v) is 3.83. The molecule has 3 heterocycles. The number of amides is 1. The summed E-state index contributed by atoms with van der Waals surface area (Å²) in [5.41, 5.74) is 0. The van der Waals surface area contributed by atoms with Crippen LogP contribution in [0.5, 0.6) is 0 Å². The van der Waals surface area contributed by atoms with Crippen molar-refractivity contribution in [1.82, 2.24) is 19.6 Å². The third-order valence-corrected chi connectivity index (χ3v) is 5.76. The molecule has 3 saturated heterocycles. The van der Waals surface area contributed by atoms with Crippen molar-refractivity contribution in [2.45, 2.75) is 45.8 Å². The minimum atomic E-state index is 0.265. The van der Waals surface area contributed by atoms with Gasteiger partial charge in [-0.05, 0) is 27.7 Å². The smallest absolute Gasteiger partial charge is 0.228 e. The molecule has 3 aliphatic rings. The number of carbonyl (C=O) groups excluding carboxylic acids is 1. The van der Waals surface area contributed by atoms with Crippen LogP contribution < -0.4 is 0 Å². The predicted molar refractivity (Wildman–Crippen MR) is 88.8 cm³/mol. The lowest BCUT2D eigenvalue weighted by molar-refractivity contribution is -0.150. The van der Waals surface area contributed by atoms with Gasteiger partial charge in [0, 0.05) is 70.5 Å². The first kappa shape index (κ1) is 16.2. The Bertz CT molecular complexity index is 391. The van der Waals surface area contributed by atoms with Crippen LogP contribution in [0.3, 0.4) is 0 Å².